The number of hydrogen-bond donors (Lipinski definition) is 0. The highest BCUT2D eigenvalue weighted by molar-refractivity contribution is 6.04. The average molecular weight is 238 g/mol. The third-order valence-electron chi connectivity index (χ3n) is 3.73. The van der Waals surface area contributed by atoms with Gasteiger partial charge in [0.25, 0.3) is 0 Å². The molecule has 1 saturated carbocycles. The zero-order chi connectivity index (χ0) is 13.0. The summed E-state index contributed by atoms with van der Waals surface area (Å²) >= 11 is 0. The quantitative estimate of drug-likeness (QED) is 0.685. The molecule has 98 valence electrons. The highest BCUT2D eigenvalue weighted by Gasteiger charge is 2.36. The van der Waals surface area contributed by atoms with Crippen LogP contribution in [0.4, 0.5) is 0 Å². The maximum Gasteiger partial charge on any atom is 0.143 e. The van der Waals surface area contributed by atoms with E-state index in [2.05, 4.69) is 13.8 Å². The van der Waals surface area contributed by atoms with Crippen LogP contribution >= 0.6 is 0 Å². The Balaban J connectivity index is 2.43. The third kappa shape index (κ3) is 4.25. The summed E-state index contributed by atoms with van der Waals surface area (Å²) in [5.74, 6) is 1.27. The molecular formula is C15H26O2. The van der Waals surface area contributed by atoms with E-state index in [1.165, 1.54) is 6.42 Å². The second-order valence-electron chi connectivity index (χ2n) is 6.25. The molecule has 0 amide bonds. The minimum atomic E-state index is -0.309. The summed E-state index contributed by atoms with van der Waals surface area (Å²) in [6.07, 6.45) is 4.65. The fourth-order valence-corrected chi connectivity index (χ4v) is 2.84. The van der Waals surface area contributed by atoms with Crippen molar-refractivity contribution >= 4 is 11.6 Å². The van der Waals surface area contributed by atoms with Crippen molar-refractivity contribution in [3.63, 3.8) is 0 Å². The van der Waals surface area contributed by atoms with E-state index in [-0.39, 0.29) is 23.4 Å². The highest BCUT2D eigenvalue weighted by atomic mass is 16.2. The first-order valence-electron chi connectivity index (χ1n) is 6.97. The van der Waals surface area contributed by atoms with Gasteiger partial charge in [-0.3, -0.25) is 9.59 Å². The molecule has 0 N–H and O–H groups in total. The number of carbonyl (C=O) groups is 2. The fraction of sp³-hybridized carbons (Fsp3) is 0.867. The van der Waals surface area contributed by atoms with Crippen LogP contribution in [0.5, 0.6) is 0 Å². The lowest BCUT2D eigenvalue weighted by molar-refractivity contribution is -0.139. The average Bonchev–Trinajstić information content (AvgIpc) is 2.14. The summed E-state index contributed by atoms with van der Waals surface area (Å²) in [4.78, 5) is 23.9. The van der Waals surface area contributed by atoms with E-state index in [1.54, 1.807) is 0 Å². The Morgan fingerprint density at radius 2 is 1.59 bits per heavy atom. The summed E-state index contributed by atoms with van der Waals surface area (Å²) in [7, 11) is 0. The number of ketones is 2. The molecule has 0 bridgehead atoms. The summed E-state index contributed by atoms with van der Waals surface area (Å²) in [6, 6.07) is 0. The minimum absolute atomic E-state index is 0.173. The molecule has 1 aliphatic carbocycles. The molecule has 0 spiro atoms. The maximum atomic E-state index is 11.9. The largest absolute Gasteiger partial charge is 0.299 e. The van der Waals surface area contributed by atoms with E-state index < -0.39 is 0 Å². The molecule has 1 fully saturated rings. The van der Waals surface area contributed by atoms with Crippen LogP contribution in [0.25, 0.3) is 0 Å². The molecule has 1 rings (SSSR count). The van der Waals surface area contributed by atoms with Gasteiger partial charge in [0.15, 0.2) is 0 Å². The van der Waals surface area contributed by atoms with Gasteiger partial charge in [-0.2, -0.15) is 0 Å². The molecule has 2 nitrogen and oxygen atoms in total. The van der Waals surface area contributed by atoms with Crippen LogP contribution in [-0.4, -0.2) is 11.6 Å². The smallest absolute Gasteiger partial charge is 0.143 e. The summed E-state index contributed by atoms with van der Waals surface area (Å²) < 4.78 is 0. The van der Waals surface area contributed by atoms with Crippen molar-refractivity contribution < 1.29 is 9.59 Å². The zero-order valence-electron chi connectivity index (χ0n) is 11.7. The summed E-state index contributed by atoms with van der Waals surface area (Å²) in [5.41, 5.74) is 0. The van der Waals surface area contributed by atoms with Gasteiger partial charge in [0.2, 0.25) is 0 Å². The minimum Gasteiger partial charge on any atom is -0.299 e. The van der Waals surface area contributed by atoms with Crippen molar-refractivity contribution in [2.45, 2.75) is 59.8 Å². The molecule has 0 aromatic heterocycles. The molecular weight excluding hydrogens is 212 g/mol. The van der Waals surface area contributed by atoms with Crippen LogP contribution in [0, 0.1) is 23.7 Å². The van der Waals surface area contributed by atoms with Gasteiger partial charge in [0.1, 0.15) is 11.6 Å². The molecule has 0 radical (unpaired) electrons. The first-order valence-corrected chi connectivity index (χ1v) is 6.97. The van der Waals surface area contributed by atoms with E-state index in [0.29, 0.717) is 24.7 Å². The topological polar surface area (TPSA) is 34.1 Å². The Labute approximate surface area is 105 Å². The monoisotopic (exact) mass is 238 g/mol. The summed E-state index contributed by atoms with van der Waals surface area (Å²) in [6.45, 7) is 8.37. The van der Waals surface area contributed by atoms with Crippen LogP contribution in [0.1, 0.15) is 59.8 Å². The van der Waals surface area contributed by atoms with Crippen LogP contribution in [0.2, 0.25) is 0 Å². The molecule has 0 aromatic rings. The second-order valence-corrected chi connectivity index (χ2v) is 6.25. The lowest BCUT2D eigenvalue weighted by Gasteiger charge is -2.28. The SMILES string of the molecule is CC(C)CCCC1CC(=O)C(C(C)C)C(=O)C1. The molecule has 17 heavy (non-hydrogen) atoms. The summed E-state index contributed by atoms with van der Waals surface area (Å²) in [5, 5.41) is 0. The van der Waals surface area contributed by atoms with E-state index >= 15 is 0 Å². The molecule has 1 aliphatic rings. The highest BCUT2D eigenvalue weighted by Crippen LogP contribution is 2.31. The number of rotatable bonds is 5. The van der Waals surface area contributed by atoms with Gasteiger partial charge in [-0.05, 0) is 24.2 Å². The van der Waals surface area contributed by atoms with Crippen molar-refractivity contribution in [2.75, 3.05) is 0 Å². The second kappa shape index (κ2) is 6.32. The molecule has 0 heterocycles. The van der Waals surface area contributed by atoms with Gasteiger partial charge in [-0.1, -0.05) is 40.5 Å². The first kappa shape index (κ1) is 14.4. The van der Waals surface area contributed by atoms with Gasteiger partial charge >= 0.3 is 0 Å². The Morgan fingerprint density at radius 1 is 1.06 bits per heavy atom. The fourth-order valence-electron chi connectivity index (χ4n) is 2.84. The zero-order valence-corrected chi connectivity index (χ0v) is 11.7. The van der Waals surface area contributed by atoms with Gasteiger partial charge in [0.05, 0.1) is 5.92 Å². The van der Waals surface area contributed by atoms with Crippen LogP contribution in [0.15, 0.2) is 0 Å². The Hall–Kier alpha value is -0.660. The number of carbonyl (C=O) groups excluding carboxylic acids is 2. The molecule has 0 aromatic carbocycles. The predicted octanol–water partition coefficient (Wildman–Crippen LogP) is 3.63. The van der Waals surface area contributed by atoms with Crippen LogP contribution < -0.4 is 0 Å². The molecule has 2 heteroatoms. The van der Waals surface area contributed by atoms with Crippen LogP contribution in [0.3, 0.4) is 0 Å². The predicted molar refractivity (Wildman–Crippen MR) is 69.8 cm³/mol. The number of Topliss-reactive ketones (excluding diaryl/α,β-unsaturated/α-hetero) is 2. The molecule has 0 saturated heterocycles. The lowest BCUT2D eigenvalue weighted by Crippen LogP contribution is -2.36. The van der Waals surface area contributed by atoms with E-state index in [9.17, 15) is 9.59 Å². The standard InChI is InChI=1S/C15H26O2/c1-10(2)6-5-7-12-8-13(16)15(11(3)4)14(17)9-12/h10-12,15H,5-9H2,1-4H3. The van der Waals surface area contributed by atoms with Crippen LogP contribution in [-0.2, 0) is 9.59 Å². The van der Waals surface area contributed by atoms with Crippen molar-refractivity contribution in [3.05, 3.63) is 0 Å². The van der Waals surface area contributed by atoms with E-state index in [0.717, 1.165) is 12.8 Å². The molecule has 0 aliphatic heterocycles. The third-order valence-corrected chi connectivity index (χ3v) is 3.73. The van der Waals surface area contributed by atoms with E-state index in [1.807, 2.05) is 13.8 Å². The normalized spacial score (nSPS) is 26.0. The number of hydrogen-bond acceptors (Lipinski definition) is 2. The molecule has 0 atom stereocenters. The maximum absolute atomic E-state index is 11.9. The Morgan fingerprint density at radius 3 is 2.00 bits per heavy atom. The van der Waals surface area contributed by atoms with Gasteiger partial charge in [-0.15, -0.1) is 0 Å². The lowest BCUT2D eigenvalue weighted by atomic mass is 9.73. The van der Waals surface area contributed by atoms with Crippen molar-refractivity contribution in [1.29, 1.82) is 0 Å². The molecule has 0 unspecified atom stereocenters. The van der Waals surface area contributed by atoms with Gasteiger partial charge in [0, 0.05) is 12.8 Å². The van der Waals surface area contributed by atoms with Crippen molar-refractivity contribution in [1.82, 2.24) is 0 Å². The van der Waals surface area contributed by atoms with Gasteiger partial charge in [-0.25, -0.2) is 0 Å². The first-order chi connectivity index (χ1) is 7.91. The Kier molecular flexibility index (Phi) is 5.35. The van der Waals surface area contributed by atoms with E-state index in [4.69, 9.17) is 0 Å². The van der Waals surface area contributed by atoms with Crippen molar-refractivity contribution in [3.8, 4) is 0 Å². The van der Waals surface area contributed by atoms with Crippen molar-refractivity contribution in [2.24, 2.45) is 23.7 Å². The van der Waals surface area contributed by atoms with Gasteiger partial charge < -0.3 is 0 Å². The Bertz CT molecular complexity index is 261.